The molecule has 0 saturated heterocycles. The van der Waals surface area contributed by atoms with Crippen molar-refractivity contribution in [1.29, 1.82) is 0 Å². The van der Waals surface area contributed by atoms with Crippen molar-refractivity contribution in [3.05, 3.63) is 0 Å². The fraction of sp³-hybridized carbons (Fsp3) is 0.821. The van der Waals surface area contributed by atoms with Gasteiger partial charge in [0.05, 0.1) is 18.5 Å². The quantitative estimate of drug-likeness (QED) is 0.109. The third-order valence-electron chi connectivity index (χ3n) is 5.84. The van der Waals surface area contributed by atoms with Gasteiger partial charge in [-0.25, -0.2) is 0 Å². The number of Topliss-reactive ketones (excluding diaryl/α,β-unsaturated/α-hetero) is 2. The van der Waals surface area contributed by atoms with E-state index in [1.807, 2.05) is 13.8 Å². The van der Waals surface area contributed by atoms with E-state index >= 15 is 0 Å². The van der Waals surface area contributed by atoms with Crippen LogP contribution in [0.15, 0.2) is 0 Å². The fourth-order valence-electron chi connectivity index (χ4n) is 3.32. The van der Waals surface area contributed by atoms with Crippen molar-refractivity contribution < 1.29 is 28.7 Å². The van der Waals surface area contributed by atoms with Gasteiger partial charge in [-0.15, -0.1) is 0 Å². The lowest BCUT2D eigenvalue weighted by Gasteiger charge is -2.22. The molecule has 0 rings (SSSR count). The Balaban J connectivity index is 4.12. The van der Waals surface area contributed by atoms with Crippen LogP contribution in [-0.2, 0) is 28.7 Å². The summed E-state index contributed by atoms with van der Waals surface area (Å²) >= 11 is 0. The molecule has 0 aromatic heterocycles. The molecule has 11 heteroatoms. The standard InChI is InChI=1S/C28H51N3O6S2/c1-20(2)27(36)37-17-18-38-39-28(6,7)15-14-23(32)11-9-13-26(35)31(8)19-25(34)30-22(5)24(33)12-10-16-29-21(3)4/h20-22,29H,9-19H2,1-8H3,(H,30,34)/t22-/m0/s1. The van der Waals surface area contributed by atoms with Gasteiger partial charge in [0, 0.05) is 49.3 Å². The molecule has 1 atom stereocenters. The van der Waals surface area contributed by atoms with E-state index in [4.69, 9.17) is 4.74 Å². The van der Waals surface area contributed by atoms with E-state index in [9.17, 15) is 24.0 Å². The molecule has 0 radical (unpaired) electrons. The molecule has 0 aromatic rings. The molecule has 2 N–H and O–H groups in total. The second kappa shape index (κ2) is 20.3. The molecule has 0 fully saturated rings. The van der Waals surface area contributed by atoms with Crippen molar-refractivity contribution in [2.75, 3.05) is 32.5 Å². The molecular formula is C28H51N3O6S2. The van der Waals surface area contributed by atoms with Crippen molar-refractivity contribution in [1.82, 2.24) is 15.5 Å². The molecular weight excluding hydrogens is 538 g/mol. The average Bonchev–Trinajstić information content (AvgIpc) is 2.84. The Labute approximate surface area is 243 Å². The van der Waals surface area contributed by atoms with Crippen molar-refractivity contribution in [2.24, 2.45) is 5.92 Å². The SMILES string of the molecule is CC(C)NCCCC(=O)[C@H](C)NC(=O)CN(C)C(=O)CCCC(=O)CCC(C)(C)SSCCOC(=O)C(C)C. The molecule has 0 unspecified atom stereocenters. The summed E-state index contributed by atoms with van der Waals surface area (Å²) in [6.45, 7) is 14.5. The smallest absolute Gasteiger partial charge is 0.308 e. The number of esters is 1. The molecule has 39 heavy (non-hydrogen) atoms. The maximum absolute atomic E-state index is 12.4. The highest BCUT2D eigenvalue weighted by Crippen LogP contribution is 2.38. The van der Waals surface area contributed by atoms with Crippen LogP contribution in [0.3, 0.4) is 0 Å². The zero-order valence-corrected chi connectivity index (χ0v) is 26.9. The highest BCUT2D eigenvalue weighted by atomic mass is 33.1. The molecule has 0 saturated carbocycles. The van der Waals surface area contributed by atoms with E-state index in [-0.39, 0.29) is 53.0 Å². The molecule has 0 aliphatic carbocycles. The van der Waals surface area contributed by atoms with Crippen LogP contribution < -0.4 is 10.6 Å². The lowest BCUT2D eigenvalue weighted by molar-refractivity contribution is -0.146. The van der Waals surface area contributed by atoms with Gasteiger partial charge in [0.25, 0.3) is 0 Å². The number of hydrogen-bond acceptors (Lipinski definition) is 9. The molecule has 2 amide bonds. The zero-order chi connectivity index (χ0) is 30.0. The van der Waals surface area contributed by atoms with E-state index < -0.39 is 6.04 Å². The summed E-state index contributed by atoms with van der Waals surface area (Å²) in [5, 5.41) is 5.92. The lowest BCUT2D eigenvalue weighted by atomic mass is 10.0. The molecule has 0 heterocycles. The van der Waals surface area contributed by atoms with Crippen LogP contribution >= 0.6 is 21.6 Å². The number of carbonyl (C=O) groups excluding carboxylic acids is 5. The van der Waals surface area contributed by atoms with Gasteiger partial charge in [-0.3, -0.25) is 24.0 Å². The second-order valence-corrected chi connectivity index (χ2v) is 14.2. The molecule has 9 nitrogen and oxygen atoms in total. The Hall–Kier alpha value is -1.59. The monoisotopic (exact) mass is 589 g/mol. The zero-order valence-electron chi connectivity index (χ0n) is 25.2. The van der Waals surface area contributed by atoms with Gasteiger partial charge >= 0.3 is 5.97 Å². The number of rotatable bonds is 22. The van der Waals surface area contributed by atoms with Gasteiger partial charge in [-0.1, -0.05) is 49.3 Å². The predicted octanol–water partition coefficient (Wildman–Crippen LogP) is 4.18. The first-order chi connectivity index (χ1) is 18.1. The van der Waals surface area contributed by atoms with E-state index in [1.54, 1.807) is 49.4 Å². The van der Waals surface area contributed by atoms with Gasteiger partial charge in [0.1, 0.15) is 12.4 Å². The average molecular weight is 590 g/mol. The molecule has 226 valence electrons. The van der Waals surface area contributed by atoms with E-state index in [0.717, 1.165) is 6.54 Å². The van der Waals surface area contributed by atoms with Crippen LogP contribution in [0, 0.1) is 5.92 Å². The number of ketones is 2. The number of nitrogens with zero attached hydrogens (tertiary/aromatic N) is 1. The predicted molar refractivity (Wildman–Crippen MR) is 161 cm³/mol. The minimum Gasteiger partial charge on any atom is -0.465 e. The van der Waals surface area contributed by atoms with Crippen molar-refractivity contribution in [2.45, 2.75) is 110 Å². The first kappa shape index (κ1) is 37.4. The highest BCUT2D eigenvalue weighted by Gasteiger charge is 2.21. The third kappa shape index (κ3) is 20.0. The number of likely N-dealkylation sites (N-methyl/N-ethyl adjacent to an activating group) is 1. The van der Waals surface area contributed by atoms with E-state index in [2.05, 4.69) is 24.5 Å². The first-order valence-corrected chi connectivity index (χ1v) is 16.2. The number of amides is 2. The summed E-state index contributed by atoms with van der Waals surface area (Å²) in [5.41, 5.74) is 0. The van der Waals surface area contributed by atoms with Crippen LogP contribution in [0.1, 0.15) is 93.4 Å². The Bertz CT molecular complexity index is 789. The summed E-state index contributed by atoms with van der Waals surface area (Å²) in [6, 6.07) is -0.231. The normalized spacial score (nSPS) is 12.4. The van der Waals surface area contributed by atoms with Gasteiger partial charge in [0.2, 0.25) is 11.8 Å². The van der Waals surface area contributed by atoms with Crippen LogP contribution in [0.2, 0.25) is 0 Å². The first-order valence-electron chi connectivity index (χ1n) is 13.9. The Morgan fingerprint density at radius 3 is 2.21 bits per heavy atom. The van der Waals surface area contributed by atoms with Crippen molar-refractivity contribution in [3.8, 4) is 0 Å². The Morgan fingerprint density at radius 1 is 0.923 bits per heavy atom. The Morgan fingerprint density at radius 2 is 1.59 bits per heavy atom. The van der Waals surface area contributed by atoms with Crippen molar-refractivity contribution in [3.63, 3.8) is 0 Å². The minimum absolute atomic E-state index is 0.0336. The molecule has 0 spiro atoms. The van der Waals surface area contributed by atoms with Crippen LogP contribution in [-0.4, -0.2) is 83.6 Å². The second-order valence-electron chi connectivity index (χ2n) is 11.1. The summed E-state index contributed by atoms with van der Waals surface area (Å²) < 4.78 is 5.07. The number of ether oxygens (including phenoxy) is 1. The van der Waals surface area contributed by atoms with Gasteiger partial charge in [-0.05, 0) is 46.6 Å². The van der Waals surface area contributed by atoms with Gasteiger partial charge in [-0.2, -0.15) is 0 Å². The number of carbonyl (C=O) groups is 5. The molecule has 0 bridgehead atoms. The van der Waals surface area contributed by atoms with Gasteiger partial charge in [0.15, 0.2) is 5.78 Å². The summed E-state index contributed by atoms with van der Waals surface area (Å²) in [4.78, 5) is 62.0. The Kier molecular flexibility index (Phi) is 19.5. The molecule has 0 aromatic carbocycles. The summed E-state index contributed by atoms with van der Waals surface area (Å²) in [7, 11) is 4.86. The number of nitrogens with one attached hydrogen (secondary N) is 2. The molecule has 0 aliphatic heterocycles. The summed E-state index contributed by atoms with van der Waals surface area (Å²) in [5.74, 6) is -0.128. The van der Waals surface area contributed by atoms with Crippen LogP contribution in [0.25, 0.3) is 0 Å². The van der Waals surface area contributed by atoms with Crippen molar-refractivity contribution >= 4 is 50.9 Å². The summed E-state index contributed by atoms with van der Waals surface area (Å²) in [6.07, 6.45) is 3.20. The lowest BCUT2D eigenvalue weighted by Crippen LogP contribution is -2.44. The maximum Gasteiger partial charge on any atom is 0.308 e. The topological polar surface area (TPSA) is 122 Å². The van der Waals surface area contributed by atoms with Crippen LogP contribution in [0.5, 0.6) is 0 Å². The largest absolute Gasteiger partial charge is 0.465 e. The van der Waals surface area contributed by atoms with E-state index in [1.165, 1.54) is 4.90 Å². The third-order valence-corrected chi connectivity index (χ3v) is 9.15. The maximum atomic E-state index is 12.4. The van der Waals surface area contributed by atoms with Crippen LogP contribution in [0.4, 0.5) is 0 Å². The fourth-order valence-corrected chi connectivity index (χ4v) is 5.72. The number of hydrogen-bond donors (Lipinski definition) is 2. The van der Waals surface area contributed by atoms with E-state index in [0.29, 0.717) is 56.9 Å². The minimum atomic E-state index is -0.596. The molecule has 0 aliphatic rings. The van der Waals surface area contributed by atoms with Gasteiger partial charge < -0.3 is 20.3 Å². The highest BCUT2D eigenvalue weighted by molar-refractivity contribution is 8.77.